The maximum absolute atomic E-state index is 13.3. The molecule has 0 bridgehead atoms. The van der Waals surface area contributed by atoms with Gasteiger partial charge in [-0.3, -0.25) is 24.6 Å². The van der Waals surface area contributed by atoms with Gasteiger partial charge in [-0.05, 0) is 48.9 Å². The minimum absolute atomic E-state index is 0.0730. The number of hydrogen-bond donors (Lipinski definition) is 1. The van der Waals surface area contributed by atoms with Gasteiger partial charge in [-0.15, -0.1) is 0 Å². The zero-order valence-electron chi connectivity index (χ0n) is 20.0. The summed E-state index contributed by atoms with van der Waals surface area (Å²) >= 11 is 0. The van der Waals surface area contributed by atoms with Crippen molar-refractivity contribution in [3.8, 4) is 5.75 Å². The maximum atomic E-state index is 13.3. The van der Waals surface area contributed by atoms with E-state index in [-0.39, 0.29) is 16.8 Å². The van der Waals surface area contributed by atoms with Gasteiger partial charge in [0.2, 0.25) is 0 Å². The normalized spacial score (nSPS) is 16.8. The van der Waals surface area contributed by atoms with Crippen LogP contribution in [-0.2, 0) is 9.59 Å². The molecule has 1 aliphatic heterocycles. The molecular formula is C27H25N3O6. The average molecular weight is 488 g/mol. The summed E-state index contributed by atoms with van der Waals surface area (Å²) in [6, 6.07) is 18.4. The van der Waals surface area contributed by atoms with Gasteiger partial charge in [0.1, 0.15) is 11.5 Å². The third kappa shape index (κ3) is 4.50. The van der Waals surface area contributed by atoms with Gasteiger partial charge < -0.3 is 14.7 Å². The number of nitrogens with zero attached hydrogens (tertiary/aromatic N) is 3. The molecule has 0 spiro atoms. The summed E-state index contributed by atoms with van der Waals surface area (Å²) in [6.07, 6.45) is 0. The van der Waals surface area contributed by atoms with Crippen molar-refractivity contribution in [3.63, 3.8) is 0 Å². The highest BCUT2D eigenvalue weighted by molar-refractivity contribution is 6.51. The number of anilines is 2. The van der Waals surface area contributed by atoms with Crippen molar-refractivity contribution in [1.82, 2.24) is 0 Å². The van der Waals surface area contributed by atoms with Crippen LogP contribution in [0.15, 0.2) is 78.4 Å². The Hall–Kier alpha value is -4.66. The summed E-state index contributed by atoms with van der Waals surface area (Å²) in [5, 5.41) is 22.5. The van der Waals surface area contributed by atoms with E-state index in [0.717, 1.165) is 5.69 Å². The Labute approximate surface area is 208 Å². The lowest BCUT2D eigenvalue weighted by Crippen LogP contribution is -2.29. The molecule has 1 N–H and O–H groups in total. The summed E-state index contributed by atoms with van der Waals surface area (Å²) in [5.41, 5.74) is 1.64. The Balaban J connectivity index is 1.90. The third-order valence-electron chi connectivity index (χ3n) is 5.93. The molecule has 36 heavy (non-hydrogen) atoms. The second kappa shape index (κ2) is 9.91. The molecule has 0 saturated carbocycles. The molecule has 1 saturated heterocycles. The molecule has 4 rings (SSSR count). The molecule has 3 aromatic carbocycles. The number of carbonyl (C=O) groups is 2. The number of rotatable bonds is 7. The fraction of sp³-hybridized carbons (Fsp3) is 0.185. The fourth-order valence-corrected chi connectivity index (χ4v) is 4.16. The Morgan fingerprint density at radius 2 is 1.72 bits per heavy atom. The predicted octanol–water partition coefficient (Wildman–Crippen LogP) is 4.69. The minimum Gasteiger partial charge on any atom is -0.507 e. The van der Waals surface area contributed by atoms with E-state index in [4.69, 9.17) is 4.74 Å². The summed E-state index contributed by atoms with van der Waals surface area (Å²) in [5.74, 6) is -1.56. The summed E-state index contributed by atoms with van der Waals surface area (Å²) in [4.78, 5) is 40.5. The van der Waals surface area contributed by atoms with Crippen molar-refractivity contribution >= 4 is 34.5 Å². The van der Waals surface area contributed by atoms with E-state index >= 15 is 0 Å². The smallest absolute Gasteiger partial charge is 0.300 e. The molecule has 3 aromatic rings. The number of aliphatic hydroxyl groups excluding tert-OH is 1. The van der Waals surface area contributed by atoms with Crippen molar-refractivity contribution in [2.45, 2.75) is 13.0 Å². The van der Waals surface area contributed by atoms with Crippen LogP contribution in [0.4, 0.5) is 17.1 Å². The first-order valence-corrected chi connectivity index (χ1v) is 11.3. The number of Topliss-reactive ketones (excluding diaryl/α,β-unsaturated/α-hetero) is 1. The maximum Gasteiger partial charge on any atom is 0.300 e. The van der Waals surface area contributed by atoms with Crippen LogP contribution < -0.4 is 14.5 Å². The van der Waals surface area contributed by atoms with Gasteiger partial charge in [0.25, 0.3) is 17.4 Å². The van der Waals surface area contributed by atoms with Crippen molar-refractivity contribution in [2.24, 2.45) is 0 Å². The van der Waals surface area contributed by atoms with E-state index in [2.05, 4.69) is 0 Å². The van der Waals surface area contributed by atoms with Crippen LogP contribution in [0.5, 0.6) is 5.75 Å². The molecule has 9 nitrogen and oxygen atoms in total. The molecule has 1 unspecified atom stereocenters. The van der Waals surface area contributed by atoms with Crippen LogP contribution in [0.1, 0.15) is 24.1 Å². The largest absolute Gasteiger partial charge is 0.507 e. The zero-order chi connectivity index (χ0) is 26.0. The van der Waals surface area contributed by atoms with Crippen molar-refractivity contribution in [1.29, 1.82) is 0 Å². The SMILES string of the molecule is CCOc1ccc(N2C(=O)C(=O)/C(=C(\O)c3cccc([N+](=O)[O-])c3)C2c2ccc(N(C)C)cc2)cc1. The highest BCUT2D eigenvalue weighted by atomic mass is 16.6. The number of ketones is 1. The van der Waals surface area contributed by atoms with E-state index < -0.39 is 28.4 Å². The van der Waals surface area contributed by atoms with Gasteiger partial charge in [-0.25, -0.2) is 0 Å². The number of non-ortho nitro benzene ring substituents is 1. The Morgan fingerprint density at radius 3 is 2.31 bits per heavy atom. The number of amides is 1. The number of benzene rings is 3. The van der Waals surface area contributed by atoms with Crippen molar-refractivity contribution < 1.29 is 24.4 Å². The van der Waals surface area contributed by atoms with Gasteiger partial charge >= 0.3 is 0 Å². The number of nitro groups is 1. The van der Waals surface area contributed by atoms with Gasteiger partial charge in [0.15, 0.2) is 0 Å². The lowest BCUT2D eigenvalue weighted by molar-refractivity contribution is -0.384. The van der Waals surface area contributed by atoms with Crippen LogP contribution in [0.3, 0.4) is 0 Å². The predicted molar refractivity (Wildman–Crippen MR) is 136 cm³/mol. The minimum atomic E-state index is -0.946. The second-order valence-electron chi connectivity index (χ2n) is 8.39. The molecular weight excluding hydrogens is 462 g/mol. The zero-order valence-corrected chi connectivity index (χ0v) is 20.0. The molecule has 0 radical (unpaired) electrons. The molecule has 0 aliphatic carbocycles. The average Bonchev–Trinajstić information content (AvgIpc) is 3.14. The first kappa shape index (κ1) is 24.5. The first-order chi connectivity index (χ1) is 17.2. The van der Waals surface area contributed by atoms with E-state index in [0.29, 0.717) is 23.6 Å². The Kier molecular flexibility index (Phi) is 6.73. The van der Waals surface area contributed by atoms with E-state index in [1.54, 1.807) is 36.4 Å². The lowest BCUT2D eigenvalue weighted by atomic mass is 9.94. The highest BCUT2D eigenvalue weighted by Gasteiger charge is 2.47. The highest BCUT2D eigenvalue weighted by Crippen LogP contribution is 2.43. The van der Waals surface area contributed by atoms with Gasteiger partial charge in [0.05, 0.1) is 23.1 Å². The van der Waals surface area contributed by atoms with Crippen molar-refractivity contribution in [3.05, 3.63) is 99.6 Å². The Bertz CT molecular complexity index is 1350. The standard InChI is InChI=1S/C27H25N3O6/c1-4-36-22-14-12-20(13-15-22)29-24(17-8-10-19(11-9-17)28(2)3)23(26(32)27(29)33)25(31)18-6-5-7-21(16-18)30(34)35/h5-16,24,31H,4H2,1-3H3/b25-23-. The lowest BCUT2D eigenvalue weighted by Gasteiger charge is -2.26. The van der Waals surface area contributed by atoms with Gasteiger partial charge in [-0.1, -0.05) is 24.3 Å². The molecule has 9 heteroatoms. The first-order valence-electron chi connectivity index (χ1n) is 11.3. The third-order valence-corrected chi connectivity index (χ3v) is 5.93. The topological polar surface area (TPSA) is 113 Å². The molecule has 0 aromatic heterocycles. The van der Waals surface area contributed by atoms with Crippen LogP contribution in [0, 0.1) is 10.1 Å². The molecule has 1 atom stereocenters. The van der Waals surface area contributed by atoms with E-state index in [1.807, 2.05) is 38.1 Å². The molecule has 184 valence electrons. The van der Waals surface area contributed by atoms with Gasteiger partial charge in [-0.2, -0.15) is 0 Å². The fourth-order valence-electron chi connectivity index (χ4n) is 4.16. The monoisotopic (exact) mass is 487 g/mol. The van der Waals surface area contributed by atoms with E-state index in [1.165, 1.54) is 29.2 Å². The van der Waals surface area contributed by atoms with Gasteiger partial charge in [0, 0.05) is 43.2 Å². The van der Waals surface area contributed by atoms with Crippen molar-refractivity contribution in [2.75, 3.05) is 30.5 Å². The molecule has 1 amide bonds. The number of nitro benzene ring substituents is 1. The van der Waals surface area contributed by atoms with Crippen LogP contribution >= 0.6 is 0 Å². The molecule has 1 heterocycles. The number of aliphatic hydroxyl groups is 1. The van der Waals surface area contributed by atoms with E-state index in [9.17, 15) is 24.8 Å². The Morgan fingerprint density at radius 1 is 1.06 bits per heavy atom. The number of carbonyl (C=O) groups excluding carboxylic acids is 2. The quantitative estimate of drug-likeness (QED) is 0.169. The molecule has 1 fully saturated rings. The van der Waals surface area contributed by atoms with Crippen LogP contribution in [0.25, 0.3) is 5.76 Å². The van der Waals surface area contributed by atoms with Crippen LogP contribution in [0.2, 0.25) is 0 Å². The number of hydrogen-bond acceptors (Lipinski definition) is 7. The van der Waals surface area contributed by atoms with Crippen LogP contribution in [-0.4, -0.2) is 42.4 Å². The summed E-state index contributed by atoms with van der Waals surface area (Å²) < 4.78 is 5.49. The molecule has 1 aliphatic rings. The summed E-state index contributed by atoms with van der Waals surface area (Å²) in [7, 11) is 3.78. The number of ether oxygens (including phenoxy) is 1. The summed E-state index contributed by atoms with van der Waals surface area (Å²) in [6.45, 7) is 2.34. The second-order valence-corrected chi connectivity index (χ2v) is 8.39.